The Morgan fingerprint density at radius 1 is 1.46 bits per heavy atom. The first kappa shape index (κ1) is 10.7. The highest BCUT2D eigenvalue weighted by molar-refractivity contribution is 5.80. The zero-order valence-corrected chi connectivity index (χ0v) is 8.88. The van der Waals surface area contributed by atoms with Crippen LogP contribution in [0.1, 0.15) is 46.5 Å². The van der Waals surface area contributed by atoms with Gasteiger partial charge in [-0.25, -0.2) is 0 Å². The van der Waals surface area contributed by atoms with Crippen molar-refractivity contribution in [1.82, 2.24) is 0 Å². The Hall–Kier alpha value is -0.370. The highest BCUT2D eigenvalue weighted by atomic mass is 16.5. The highest BCUT2D eigenvalue weighted by Gasteiger charge is 2.22. The van der Waals surface area contributed by atoms with Crippen LogP contribution in [0.5, 0.6) is 0 Å². The minimum atomic E-state index is 0.179. The lowest BCUT2D eigenvalue weighted by atomic mass is 10.0. The van der Waals surface area contributed by atoms with Crippen LogP contribution in [0.15, 0.2) is 0 Å². The van der Waals surface area contributed by atoms with E-state index in [9.17, 15) is 4.79 Å². The van der Waals surface area contributed by atoms with E-state index in [0.29, 0.717) is 24.4 Å². The molecule has 1 heterocycles. The minimum Gasteiger partial charge on any atom is -0.375 e. The van der Waals surface area contributed by atoms with Gasteiger partial charge in [-0.3, -0.25) is 4.79 Å². The van der Waals surface area contributed by atoms with Gasteiger partial charge in [0.15, 0.2) is 0 Å². The van der Waals surface area contributed by atoms with Crippen molar-refractivity contribution in [3.05, 3.63) is 0 Å². The summed E-state index contributed by atoms with van der Waals surface area (Å²) in [6, 6.07) is 0. The normalized spacial score (nSPS) is 28.3. The first-order valence-electron chi connectivity index (χ1n) is 5.27. The molecular weight excluding hydrogens is 164 g/mol. The van der Waals surface area contributed by atoms with Crippen LogP contribution in [-0.4, -0.2) is 18.0 Å². The van der Waals surface area contributed by atoms with E-state index in [1.807, 2.05) is 13.8 Å². The second-order valence-corrected chi connectivity index (χ2v) is 4.31. The summed E-state index contributed by atoms with van der Waals surface area (Å²) in [5.74, 6) is 0.543. The number of carbonyl (C=O) groups excluding carboxylic acids is 1. The highest BCUT2D eigenvalue weighted by Crippen LogP contribution is 2.23. The molecule has 0 aromatic heterocycles. The Kier molecular flexibility index (Phi) is 3.91. The van der Waals surface area contributed by atoms with Crippen LogP contribution in [0.2, 0.25) is 0 Å². The van der Waals surface area contributed by atoms with E-state index in [1.54, 1.807) is 0 Å². The molecule has 1 rings (SSSR count). The summed E-state index contributed by atoms with van der Waals surface area (Å²) < 4.78 is 5.64. The number of hydrogen-bond donors (Lipinski definition) is 0. The summed E-state index contributed by atoms with van der Waals surface area (Å²) in [7, 11) is 0. The molecule has 0 spiro atoms. The lowest BCUT2D eigenvalue weighted by molar-refractivity contribution is -0.122. The second-order valence-electron chi connectivity index (χ2n) is 4.31. The van der Waals surface area contributed by atoms with E-state index in [1.165, 1.54) is 0 Å². The number of hydrogen-bond acceptors (Lipinski definition) is 2. The molecule has 0 amide bonds. The van der Waals surface area contributed by atoms with Gasteiger partial charge in [-0.15, -0.1) is 0 Å². The molecule has 1 aliphatic rings. The van der Waals surface area contributed by atoms with E-state index in [2.05, 4.69) is 6.92 Å². The van der Waals surface area contributed by atoms with Crippen LogP contribution in [0.3, 0.4) is 0 Å². The van der Waals surface area contributed by atoms with E-state index in [-0.39, 0.29) is 5.92 Å². The van der Waals surface area contributed by atoms with Crippen molar-refractivity contribution in [3.8, 4) is 0 Å². The molecule has 1 aliphatic heterocycles. The van der Waals surface area contributed by atoms with Gasteiger partial charge < -0.3 is 4.74 Å². The Bertz CT molecular complexity index is 175. The molecule has 2 atom stereocenters. The quantitative estimate of drug-likeness (QED) is 0.671. The van der Waals surface area contributed by atoms with Gasteiger partial charge in [0.05, 0.1) is 12.2 Å². The molecule has 0 bridgehead atoms. The fourth-order valence-corrected chi connectivity index (χ4v) is 1.69. The topological polar surface area (TPSA) is 26.3 Å². The first-order valence-corrected chi connectivity index (χ1v) is 5.27. The van der Waals surface area contributed by atoms with Gasteiger partial charge in [-0.2, -0.15) is 0 Å². The molecule has 0 radical (unpaired) electrons. The van der Waals surface area contributed by atoms with Gasteiger partial charge in [-0.05, 0) is 26.2 Å². The van der Waals surface area contributed by atoms with Crippen molar-refractivity contribution in [3.63, 3.8) is 0 Å². The molecule has 13 heavy (non-hydrogen) atoms. The van der Waals surface area contributed by atoms with Crippen molar-refractivity contribution in [2.75, 3.05) is 0 Å². The minimum absolute atomic E-state index is 0.179. The summed E-state index contributed by atoms with van der Waals surface area (Å²) in [5, 5.41) is 0. The number of ketones is 1. The van der Waals surface area contributed by atoms with Crippen molar-refractivity contribution >= 4 is 5.78 Å². The Labute approximate surface area is 80.7 Å². The third-order valence-electron chi connectivity index (χ3n) is 2.68. The van der Waals surface area contributed by atoms with E-state index in [4.69, 9.17) is 4.74 Å². The maximum Gasteiger partial charge on any atom is 0.135 e. The zero-order chi connectivity index (χ0) is 9.84. The van der Waals surface area contributed by atoms with Crippen LogP contribution in [-0.2, 0) is 9.53 Å². The molecule has 2 nitrogen and oxygen atoms in total. The molecule has 0 aliphatic carbocycles. The van der Waals surface area contributed by atoms with Crippen LogP contribution in [0.25, 0.3) is 0 Å². The fraction of sp³-hybridized carbons (Fsp3) is 0.909. The van der Waals surface area contributed by atoms with Crippen LogP contribution >= 0.6 is 0 Å². The number of Topliss-reactive ketones (excluding diaryl/α,β-unsaturated/α-hetero) is 1. The summed E-state index contributed by atoms with van der Waals surface area (Å²) in [4.78, 5) is 11.3. The molecule has 0 aromatic carbocycles. The molecule has 2 heteroatoms. The second kappa shape index (κ2) is 4.75. The average Bonchev–Trinajstić information content (AvgIpc) is 2.47. The SMILES string of the molecule is CC1CCC(CCC(=O)C(C)C)O1. The summed E-state index contributed by atoms with van der Waals surface area (Å²) in [6.07, 6.45) is 4.64. The van der Waals surface area contributed by atoms with E-state index < -0.39 is 0 Å². The van der Waals surface area contributed by atoms with Gasteiger partial charge in [0.2, 0.25) is 0 Å². The smallest absolute Gasteiger partial charge is 0.135 e. The van der Waals surface area contributed by atoms with Crippen LogP contribution in [0, 0.1) is 5.92 Å². The van der Waals surface area contributed by atoms with Gasteiger partial charge >= 0.3 is 0 Å². The third-order valence-corrected chi connectivity index (χ3v) is 2.68. The van der Waals surface area contributed by atoms with Gasteiger partial charge in [-0.1, -0.05) is 13.8 Å². The van der Waals surface area contributed by atoms with Crippen molar-refractivity contribution in [2.24, 2.45) is 5.92 Å². The Balaban J connectivity index is 2.16. The predicted molar refractivity (Wildman–Crippen MR) is 52.6 cm³/mol. The van der Waals surface area contributed by atoms with E-state index in [0.717, 1.165) is 19.3 Å². The maximum absolute atomic E-state index is 11.3. The lowest BCUT2D eigenvalue weighted by Crippen LogP contribution is -2.13. The molecule has 2 unspecified atom stereocenters. The maximum atomic E-state index is 11.3. The first-order chi connectivity index (χ1) is 6.09. The average molecular weight is 184 g/mol. The number of carbonyl (C=O) groups is 1. The van der Waals surface area contributed by atoms with Gasteiger partial charge in [0, 0.05) is 12.3 Å². The summed E-state index contributed by atoms with van der Waals surface area (Å²) in [5.41, 5.74) is 0. The predicted octanol–water partition coefficient (Wildman–Crippen LogP) is 2.56. The molecule has 0 aromatic rings. The van der Waals surface area contributed by atoms with Crippen LogP contribution in [0.4, 0.5) is 0 Å². The third kappa shape index (κ3) is 3.47. The Morgan fingerprint density at radius 2 is 2.15 bits per heavy atom. The zero-order valence-electron chi connectivity index (χ0n) is 8.88. The molecular formula is C11H20O2. The molecule has 76 valence electrons. The number of ether oxygens (including phenoxy) is 1. The molecule has 1 saturated heterocycles. The lowest BCUT2D eigenvalue weighted by Gasteiger charge is -2.10. The summed E-state index contributed by atoms with van der Waals surface area (Å²) in [6.45, 7) is 6.02. The monoisotopic (exact) mass is 184 g/mol. The molecule has 0 saturated carbocycles. The largest absolute Gasteiger partial charge is 0.375 e. The van der Waals surface area contributed by atoms with Gasteiger partial charge in [0.25, 0.3) is 0 Å². The number of rotatable bonds is 4. The Morgan fingerprint density at radius 3 is 2.62 bits per heavy atom. The standard InChI is InChI=1S/C11H20O2/c1-8(2)11(12)7-6-10-5-4-9(3)13-10/h8-10H,4-7H2,1-3H3. The fourth-order valence-electron chi connectivity index (χ4n) is 1.69. The molecule has 0 N–H and O–H groups in total. The van der Waals surface area contributed by atoms with E-state index >= 15 is 0 Å². The van der Waals surface area contributed by atoms with Crippen molar-refractivity contribution in [1.29, 1.82) is 0 Å². The van der Waals surface area contributed by atoms with Crippen molar-refractivity contribution < 1.29 is 9.53 Å². The van der Waals surface area contributed by atoms with Gasteiger partial charge in [0.1, 0.15) is 5.78 Å². The summed E-state index contributed by atoms with van der Waals surface area (Å²) >= 11 is 0. The van der Waals surface area contributed by atoms with Crippen LogP contribution < -0.4 is 0 Å². The van der Waals surface area contributed by atoms with Crippen molar-refractivity contribution in [2.45, 2.75) is 58.7 Å². The molecule has 1 fully saturated rings.